The van der Waals surface area contributed by atoms with Crippen molar-refractivity contribution in [3.63, 3.8) is 0 Å². The highest BCUT2D eigenvalue weighted by molar-refractivity contribution is 7.09. The Morgan fingerprint density at radius 3 is 2.55 bits per heavy atom. The van der Waals surface area contributed by atoms with E-state index in [0.29, 0.717) is 19.6 Å². The van der Waals surface area contributed by atoms with Crippen LogP contribution in [0, 0.1) is 6.92 Å². The number of aryl methyl sites for hydroxylation is 1. The van der Waals surface area contributed by atoms with Crippen molar-refractivity contribution in [1.29, 1.82) is 0 Å². The van der Waals surface area contributed by atoms with E-state index in [0.717, 1.165) is 28.4 Å². The van der Waals surface area contributed by atoms with Gasteiger partial charge in [-0.2, -0.15) is 0 Å². The molecule has 1 unspecified atom stereocenters. The Bertz CT molecular complexity index is 906. The highest BCUT2D eigenvalue weighted by Gasteiger charge is 2.20. The summed E-state index contributed by atoms with van der Waals surface area (Å²) in [5.41, 5.74) is 3.16. The van der Waals surface area contributed by atoms with Crippen molar-refractivity contribution < 1.29 is 9.53 Å². The summed E-state index contributed by atoms with van der Waals surface area (Å²) in [6.07, 6.45) is 1.33. The van der Waals surface area contributed by atoms with Gasteiger partial charge in [0.05, 0.1) is 18.7 Å². The third kappa shape index (κ3) is 6.16. The largest absolute Gasteiger partial charge is 0.486 e. The van der Waals surface area contributed by atoms with Crippen LogP contribution in [0.1, 0.15) is 42.1 Å². The van der Waals surface area contributed by atoms with Crippen LogP contribution in [0.15, 0.2) is 60.0 Å². The minimum atomic E-state index is 0.135. The van der Waals surface area contributed by atoms with E-state index in [9.17, 15) is 4.79 Å². The van der Waals surface area contributed by atoms with Crippen LogP contribution in [0.2, 0.25) is 0 Å². The molecule has 5 heteroatoms. The van der Waals surface area contributed by atoms with Crippen LogP contribution in [0.3, 0.4) is 0 Å². The maximum Gasteiger partial charge on any atom is 0.227 e. The number of nitrogens with zero attached hydrogens (tertiary/aromatic N) is 2. The first-order valence-corrected chi connectivity index (χ1v) is 10.9. The molecule has 2 aromatic carbocycles. The third-order valence-electron chi connectivity index (χ3n) is 4.96. The van der Waals surface area contributed by atoms with Gasteiger partial charge in [0.15, 0.2) is 0 Å². The number of benzene rings is 2. The number of carbonyl (C=O) groups is 1. The summed E-state index contributed by atoms with van der Waals surface area (Å²) in [6, 6.07) is 18.1. The van der Waals surface area contributed by atoms with Crippen LogP contribution < -0.4 is 4.74 Å². The van der Waals surface area contributed by atoms with Crippen LogP contribution in [-0.2, 0) is 24.4 Å². The van der Waals surface area contributed by atoms with E-state index in [-0.39, 0.29) is 11.9 Å². The lowest BCUT2D eigenvalue weighted by molar-refractivity contribution is -0.133. The van der Waals surface area contributed by atoms with Crippen LogP contribution in [0.25, 0.3) is 0 Å². The maximum absolute atomic E-state index is 12.9. The van der Waals surface area contributed by atoms with Gasteiger partial charge in [0, 0.05) is 11.4 Å². The molecule has 3 rings (SSSR count). The number of ether oxygens (including phenoxy) is 1. The molecule has 0 aliphatic carbocycles. The van der Waals surface area contributed by atoms with E-state index in [1.54, 1.807) is 11.3 Å². The molecule has 152 valence electrons. The number of thiazole rings is 1. The van der Waals surface area contributed by atoms with Gasteiger partial charge < -0.3 is 9.64 Å². The van der Waals surface area contributed by atoms with Gasteiger partial charge in [0.1, 0.15) is 17.4 Å². The smallest absolute Gasteiger partial charge is 0.227 e. The lowest BCUT2D eigenvalue weighted by Gasteiger charge is -2.28. The van der Waals surface area contributed by atoms with Crippen molar-refractivity contribution in [1.82, 2.24) is 9.88 Å². The van der Waals surface area contributed by atoms with Crippen LogP contribution >= 0.6 is 11.3 Å². The zero-order valence-corrected chi connectivity index (χ0v) is 18.1. The number of amides is 1. The Morgan fingerprint density at radius 2 is 1.86 bits per heavy atom. The summed E-state index contributed by atoms with van der Waals surface area (Å²) < 4.78 is 5.83. The van der Waals surface area contributed by atoms with Gasteiger partial charge in [-0.25, -0.2) is 4.98 Å². The van der Waals surface area contributed by atoms with Crippen molar-refractivity contribution in [2.24, 2.45) is 0 Å². The highest BCUT2D eigenvalue weighted by Crippen LogP contribution is 2.19. The fraction of sp³-hybridized carbons (Fsp3) is 0.333. The normalized spacial score (nSPS) is 11.8. The second-order valence-corrected chi connectivity index (χ2v) is 8.22. The molecule has 3 aromatic rings. The number of carbonyl (C=O) groups excluding carboxylic acids is 1. The van der Waals surface area contributed by atoms with Crippen LogP contribution in [0.4, 0.5) is 0 Å². The van der Waals surface area contributed by atoms with Gasteiger partial charge in [-0.05, 0) is 38.0 Å². The lowest BCUT2D eigenvalue weighted by Crippen LogP contribution is -2.38. The minimum absolute atomic E-state index is 0.135. The van der Waals surface area contributed by atoms with Gasteiger partial charge in [0.25, 0.3) is 0 Å². The first-order valence-electron chi connectivity index (χ1n) is 10.0. The fourth-order valence-electron chi connectivity index (χ4n) is 3.02. The second-order valence-electron chi connectivity index (χ2n) is 7.28. The Hall–Kier alpha value is -2.66. The molecule has 0 bridgehead atoms. The molecule has 1 aromatic heterocycles. The van der Waals surface area contributed by atoms with Crippen LogP contribution in [-0.4, -0.2) is 21.8 Å². The fourth-order valence-corrected chi connectivity index (χ4v) is 3.72. The average molecular weight is 409 g/mol. The van der Waals surface area contributed by atoms with Crippen molar-refractivity contribution in [2.45, 2.75) is 52.8 Å². The van der Waals surface area contributed by atoms with Crippen molar-refractivity contribution in [3.05, 3.63) is 81.8 Å². The van der Waals surface area contributed by atoms with Gasteiger partial charge in [-0.3, -0.25) is 4.79 Å². The van der Waals surface area contributed by atoms with Gasteiger partial charge in [-0.1, -0.05) is 55.0 Å². The molecule has 1 amide bonds. The molecule has 0 fully saturated rings. The predicted octanol–water partition coefficient (Wildman–Crippen LogP) is 5.40. The molecule has 0 aliphatic heterocycles. The van der Waals surface area contributed by atoms with Gasteiger partial charge >= 0.3 is 0 Å². The van der Waals surface area contributed by atoms with E-state index >= 15 is 0 Å². The molecule has 4 nitrogen and oxygen atoms in total. The predicted molar refractivity (Wildman–Crippen MR) is 118 cm³/mol. The Kier molecular flexibility index (Phi) is 7.42. The summed E-state index contributed by atoms with van der Waals surface area (Å²) in [7, 11) is 0. The first kappa shape index (κ1) is 21.1. The monoisotopic (exact) mass is 408 g/mol. The molecule has 0 spiro atoms. The molecule has 1 atom stereocenters. The number of rotatable bonds is 9. The molecule has 0 saturated carbocycles. The van der Waals surface area contributed by atoms with Gasteiger partial charge in [0.2, 0.25) is 5.91 Å². The Labute approximate surface area is 177 Å². The van der Waals surface area contributed by atoms with Gasteiger partial charge in [-0.15, -0.1) is 11.3 Å². The van der Waals surface area contributed by atoms with E-state index in [1.807, 2.05) is 64.9 Å². The summed E-state index contributed by atoms with van der Waals surface area (Å²) in [4.78, 5) is 19.6. The Balaban J connectivity index is 1.62. The van der Waals surface area contributed by atoms with Crippen molar-refractivity contribution in [2.75, 3.05) is 0 Å². The minimum Gasteiger partial charge on any atom is -0.486 e. The Morgan fingerprint density at radius 1 is 1.14 bits per heavy atom. The topological polar surface area (TPSA) is 42.4 Å². The quantitative estimate of drug-likeness (QED) is 0.476. The second kappa shape index (κ2) is 10.2. The third-order valence-corrected chi connectivity index (χ3v) is 5.83. The molecular weight excluding hydrogens is 380 g/mol. The van der Waals surface area contributed by atoms with E-state index in [4.69, 9.17) is 4.74 Å². The number of hydrogen-bond acceptors (Lipinski definition) is 4. The molecule has 0 aliphatic rings. The van der Waals surface area contributed by atoms with Crippen molar-refractivity contribution in [3.8, 4) is 5.75 Å². The molecule has 0 N–H and O–H groups in total. The lowest BCUT2D eigenvalue weighted by atomic mass is 10.1. The molecule has 1 heterocycles. The van der Waals surface area contributed by atoms with Crippen LogP contribution in [0.5, 0.6) is 5.75 Å². The molecule has 29 heavy (non-hydrogen) atoms. The maximum atomic E-state index is 12.9. The number of aromatic nitrogens is 1. The summed E-state index contributed by atoms with van der Waals surface area (Å²) >= 11 is 1.57. The van der Waals surface area contributed by atoms with E-state index in [2.05, 4.69) is 25.8 Å². The standard InChI is InChI=1S/C24H28N2O2S/c1-4-19(3)26(24(27)14-20-8-6-5-7-9-20)15-21-17-29-23(25-21)16-28-22-12-10-18(2)11-13-22/h5-13,17,19H,4,14-16H2,1-3H3. The molecule has 0 saturated heterocycles. The zero-order valence-electron chi connectivity index (χ0n) is 17.3. The average Bonchev–Trinajstić information content (AvgIpc) is 3.19. The highest BCUT2D eigenvalue weighted by atomic mass is 32.1. The first-order chi connectivity index (χ1) is 14.0. The SMILES string of the molecule is CCC(C)N(Cc1csc(COc2ccc(C)cc2)n1)C(=O)Cc1ccccc1. The summed E-state index contributed by atoms with van der Waals surface area (Å²) in [5, 5.41) is 2.94. The van der Waals surface area contributed by atoms with Crippen molar-refractivity contribution >= 4 is 17.2 Å². The molecule has 0 radical (unpaired) electrons. The molecular formula is C24H28N2O2S. The summed E-state index contributed by atoms with van der Waals surface area (Å²) in [6.45, 7) is 7.22. The van der Waals surface area contributed by atoms with E-state index in [1.165, 1.54) is 5.56 Å². The number of hydrogen-bond donors (Lipinski definition) is 0. The van der Waals surface area contributed by atoms with E-state index < -0.39 is 0 Å². The summed E-state index contributed by atoms with van der Waals surface area (Å²) in [5.74, 6) is 0.975. The zero-order chi connectivity index (χ0) is 20.6.